The van der Waals surface area contributed by atoms with E-state index in [0.29, 0.717) is 12.4 Å². The lowest BCUT2D eigenvalue weighted by Crippen LogP contribution is -2.06. The maximum atomic E-state index is 11.4. The second-order valence-electron chi connectivity index (χ2n) is 5.04. The van der Waals surface area contributed by atoms with Crippen LogP contribution < -0.4 is 4.74 Å². The molecule has 2 aromatic carbocycles. The SMILES string of the molecule is CC(=O)CC(C#N)c1cc(Br)ccc1OCc1ccccc1. The first-order chi connectivity index (χ1) is 10.6. The number of halogens is 1. The molecule has 0 N–H and O–H groups in total. The van der Waals surface area contributed by atoms with E-state index in [4.69, 9.17) is 4.74 Å². The molecule has 0 aliphatic rings. The van der Waals surface area contributed by atoms with E-state index in [1.54, 1.807) is 0 Å². The van der Waals surface area contributed by atoms with Crippen LogP contribution in [0.2, 0.25) is 0 Å². The summed E-state index contributed by atoms with van der Waals surface area (Å²) in [7, 11) is 0. The predicted molar refractivity (Wildman–Crippen MR) is 88.6 cm³/mol. The van der Waals surface area contributed by atoms with Gasteiger partial charge in [-0.2, -0.15) is 5.26 Å². The van der Waals surface area contributed by atoms with Crippen LogP contribution >= 0.6 is 15.9 Å². The number of ketones is 1. The number of Topliss-reactive ketones (excluding diaryl/α,β-unsaturated/α-hetero) is 1. The second kappa shape index (κ2) is 7.77. The van der Waals surface area contributed by atoms with Crippen LogP contribution in [0.1, 0.15) is 30.4 Å². The second-order valence-corrected chi connectivity index (χ2v) is 5.96. The fourth-order valence-corrected chi connectivity index (χ4v) is 2.55. The predicted octanol–water partition coefficient (Wildman–Crippen LogP) is 4.61. The largest absolute Gasteiger partial charge is 0.489 e. The number of rotatable bonds is 6. The number of carbonyl (C=O) groups is 1. The number of ether oxygens (including phenoxy) is 1. The van der Waals surface area contributed by atoms with Gasteiger partial charge in [-0.15, -0.1) is 0 Å². The lowest BCUT2D eigenvalue weighted by molar-refractivity contribution is -0.117. The average Bonchev–Trinajstić information content (AvgIpc) is 2.52. The summed E-state index contributed by atoms with van der Waals surface area (Å²) in [4.78, 5) is 11.4. The highest BCUT2D eigenvalue weighted by molar-refractivity contribution is 9.10. The van der Waals surface area contributed by atoms with Crippen molar-refractivity contribution in [1.82, 2.24) is 0 Å². The highest BCUT2D eigenvalue weighted by atomic mass is 79.9. The molecular formula is C18H16BrNO2. The van der Waals surface area contributed by atoms with Crippen LogP contribution in [0.5, 0.6) is 5.75 Å². The normalized spacial score (nSPS) is 11.5. The first kappa shape index (κ1) is 16.3. The van der Waals surface area contributed by atoms with Gasteiger partial charge in [0.2, 0.25) is 0 Å². The van der Waals surface area contributed by atoms with Gasteiger partial charge < -0.3 is 4.74 Å². The van der Waals surface area contributed by atoms with Crippen LogP contribution in [0.4, 0.5) is 0 Å². The summed E-state index contributed by atoms with van der Waals surface area (Å²) in [5.41, 5.74) is 1.79. The van der Waals surface area contributed by atoms with Crippen LogP contribution in [0, 0.1) is 11.3 Å². The zero-order valence-electron chi connectivity index (χ0n) is 12.3. The van der Waals surface area contributed by atoms with Crippen LogP contribution in [0.25, 0.3) is 0 Å². The maximum Gasteiger partial charge on any atom is 0.131 e. The summed E-state index contributed by atoms with van der Waals surface area (Å²) in [5.74, 6) is 0.126. The molecular weight excluding hydrogens is 342 g/mol. The van der Waals surface area contributed by atoms with Gasteiger partial charge in [0, 0.05) is 16.5 Å². The van der Waals surface area contributed by atoms with Gasteiger partial charge >= 0.3 is 0 Å². The molecule has 0 spiro atoms. The molecule has 2 rings (SSSR count). The van der Waals surface area contributed by atoms with Gasteiger partial charge in [-0.1, -0.05) is 46.3 Å². The molecule has 0 saturated heterocycles. The van der Waals surface area contributed by atoms with E-state index < -0.39 is 5.92 Å². The summed E-state index contributed by atoms with van der Waals surface area (Å²) < 4.78 is 6.72. The molecule has 2 aromatic rings. The molecule has 0 aliphatic heterocycles. The van der Waals surface area contributed by atoms with Crippen LogP contribution in [0.15, 0.2) is 53.0 Å². The van der Waals surface area contributed by atoms with Gasteiger partial charge in [-0.25, -0.2) is 0 Å². The summed E-state index contributed by atoms with van der Waals surface area (Å²) in [6.45, 7) is 1.92. The van der Waals surface area contributed by atoms with E-state index in [0.717, 1.165) is 15.6 Å². The van der Waals surface area contributed by atoms with Gasteiger partial charge in [-0.05, 0) is 30.7 Å². The van der Waals surface area contributed by atoms with Gasteiger partial charge in [0.05, 0.1) is 12.0 Å². The first-order valence-electron chi connectivity index (χ1n) is 6.95. The Kier molecular flexibility index (Phi) is 5.74. The van der Waals surface area contributed by atoms with E-state index in [2.05, 4.69) is 22.0 Å². The van der Waals surface area contributed by atoms with E-state index in [-0.39, 0.29) is 12.2 Å². The quantitative estimate of drug-likeness (QED) is 0.757. The van der Waals surface area contributed by atoms with Crippen molar-refractivity contribution < 1.29 is 9.53 Å². The maximum absolute atomic E-state index is 11.4. The highest BCUT2D eigenvalue weighted by Crippen LogP contribution is 2.32. The van der Waals surface area contributed by atoms with Gasteiger partial charge in [0.1, 0.15) is 18.1 Å². The van der Waals surface area contributed by atoms with Crippen LogP contribution in [-0.4, -0.2) is 5.78 Å². The molecule has 1 unspecified atom stereocenters. The molecule has 112 valence electrons. The minimum Gasteiger partial charge on any atom is -0.489 e. The Hall–Kier alpha value is -2.12. The average molecular weight is 358 g/mol. The van der Waals surface area contributed by atoms with E-state index in [9.17, 15) is 10.1 Å². The molecule has 0 heterocycles. The van der Waals surface area contributed by atoms with E-state index in [1.807, 2.05) is 48.5 Å². The summed E-state index contributed by atoms with van der Waals surface area (Å²) in [6, 6.07) is 17.6. The Balaban J connectivity index is 2.23. The van der Waals surface area contributed by atoms with Crippen molar-refractivity contribution >= 4 is 21.7 Å². The molecule has 0 aromatic heterocycles. The molecule has 0 aliphatic carbocycles. The number of nitrogens with zero attached hydrogens (tertiary/aromatic N) is 1. The summed E-state index contributed by atoms with van der Waals surface area (Å²) >= 11 is 3.41. The summed E-state index contributed by atoms with van der Waals surface area (Å²) in [6.07, 6.45) is 0.189. The Morgan fingerprint density at radius 3 is 2.64 bits per heavy atom. The lowest BCUT2D eigenvalue weighted by Gasteiger charge is -2.15. The van der Waals surface area contributed by atoms with Crippen LogP contribution in [-0.2, 0) is 11.4 Å². The van der Waals surface area contributed by atoms with E-state index in [1.165, 1.54) is 6.92 Å². The van der Waals surface area contributed by atoms with Crippen molar-refractivity contribution in [2.45, 2.75) is 25.9 Å². The fraction of sp³-hybridized carbons (Fsp3) is 0.222. The fourth-order valence-electron chi connectivity index (χ4n) is 2.17. The van der Waals surface area contributed by atoms with Crippen molar-refractivity contribution in [3.8, 4) is 11.8 Å². The Morgan fingerprint density at radius 2 is 2.00 bits per heavy atom. The molecule has 0 radical (unpaired) electrons. The first-order valence-corrected chi connectivity index (χ1v) is 7.74. The number of nitriles is 1. The van der Waals surface area contributed by atoms with Gasteiger partial charge in [0.15, 0.2) is 0 Å². The lowest BCUT2D eigenvalue weighted by atomic mass is 9.94. The number of hydrogen-bond donors (Lipinski definition) is 0. The molecule has 0 fully saturated rings. The monoisotopic (exact) mass is 357 g/mol. The minimum atomic E-state index is -0.499. The Bertz CT molecular complexity index is 692. The standard InChI is InChI=1S/C18H16BrNO2/c1-13(21)9-15(11-20)17-10-16(19)7-8-18(17)22-12-14-5-3-2-4-6-14/h2-8,10,15H,9,12H2,1H3. The highest BCUT2D eigenvalue weighted by Gasteiger charge is 2.18. The van der Waals surface area contributed by atoms with Crippen molar-refractivity contribution in [1.29, 1.82) is 5.26 Å². The Labute approximate surface area is 138 Å². The van der Waals surface area contributed by atoms with Crippen molar-refractivity contribution in [3.05, 3.63) is 64.1 Å². The topological polar surface area (TPSA) is 50.1 Å². The third-order valence-electron chi connectivity index (χ3n) is 3.23. The zero-order chi connectivity index (χ0) is 15.9. The molecule has 0 amide bonds. The van der Waals surface area contributed by atoms with Crippen molar-refractivity contribution in [3.63, 3.8) is 0 Å². The number of carbonyl (C=O) groups excluding carboxylic acids is 1. The van der Waals surface area contributed by atoms with E-state index >= 15 is 0 Å². The molecule has 22 heavy (non-hydrogen) atoms. The minimum absolute atomic E-state index is 0.0134. The van der Waals surface area contributed by atoms with Gasteiger partial charge in [-0.3, -0.25) is 4.79 Å². The molecule has 0 bridgehead atoms. The van der Waals surface area contributed by atoms with Crippen molar-refractivity contribution in [2.24, 2.45) is 0 Å². The van der Waals surface area contributed by atoms with Crippen LogP contribution in [0.3, 0.4) is 0 Å². The molecule has 3 nitrogen and oxygen atoms in total. The smallest absolute Gasteiger partial charge is 0.131 e. The number of benzene rings is 2. The summed E-state index contributed by atoms with van der Waals surface area (Å²) in [5, 5.41) is 9.36. The Morgan fingerprint density at radius 1 is 1.27 bits per heavy atom. The number of hydrogen-bond acceptors (Lipinski definition) is 3. The molecule has 1 atom stereocenters. The third-order valence-corrected chi connectivity index (χ3v) is 3.73. The molecule has 0 saturated carbocycles. The third kappa shape index (κ3) is 4.44. The van der Waals surface area contributed by atoms with Gasteiger partial charge in [0.25, 0.3) is 0 Å². The molecule has 4 heteroatoms. The zero-order valence-corrected chi connectivity index (χ0v) is 13.8. The van der Waals surface area contributed by atoms with Crippen molar-refractivity contribution in [2.75, 3.05) is 0 Å².